The van der Waals surface area contributed by atoms with E-state index in [1.54, 1.807) is 47.7 Å². The van der Waals surface area contributed by atoms with Crippen molar-refractivity contribution in [2.45, 2.75) is 77.5 Å². The van der Waals surface area contributed by atoms with Crippen LogP contribution in [-0.4, -0.2) is 56.2 Å². The highest BCUT2D eigenvalue weighted by molar-refractivity contribution is 7.13. The Balaban J connectivity index is 1.91. The van der Waals surface area contributed by atoms with Crippen molar-refractivity contribution >= 4 is 29.3 Å². The Hall–Kier alpha value is -2.79. The molecule has 0 unspecified atom stereocenters. The molecule has 0 bridgehead atoms. The summed E-state index contributed by atoms with van der Waals surface area (Å²) < 4.78 is 11.9. The van der Waals surface area contributed by atoms with Gasteiger partial charge < -0.3 is 20.5 Å². The van der Waals surface area contributed by atoms with Gasteiger partial charge in [-0.1, -0.05) is 11.3 Å². The van der Waals surface area contributed by atoms with Crippen molar-refractivity contribution in [3.8, 4) is 10.6 Å². The molecule has 0 aliphatic carbocycles. The standard InChI is InChI=1S/C22H33N5O5S/c1-20(2,3)31-17(28)22(23,18(29)32-21(4,5)6)11-7-8-12-24-19(30)27-14-15(25-26-27)16-10-9-13-33-16/h9-10,13-14H,7-8,11-12,23H2,1-6H3,(H,24,30). The average molecular weight is 480 g/mol. The highest BCUT2D eigenvalue weighted by atomic mass is 32.1. The number of carbonyl (C=O) groups is 3. The van der Waals surface area contributed by atoms with Gasteiger partial charge in [-0.15, -0.1) is 16.4 Å². The summed E-state index contributed by atoms with van der Waals surface area (Å²) in [5.74, 6) is -1.67. The fourth-order valence-corrected chi connectivity index (χ4v) is 3.41. The second-order valence-electron chi connectivity index (χ2n) is 9.69. The Bertz CT molecular complexity index is 929. The van der Waals surface area contributed by atoms with E-state index in [0.29, 0.717) is 25.1 Å². The Morgan fingerprint density at radius 3 is 2.18 bits per heavy atom. The van der Waals surface area contributed by atoms with Crippen LogP contribution < -0.4 is 11.1 Å². The first kappa shape index (κ1) is 26.5. The van der Waals surface area contributed by atoms with E-state index in [1.165, 1.54) is 11.3 Å². The first-order valence-corrected chi connectivity index (χ1v) is 11.6. The first-order chi connectivity index (χ1) is 15.2. The fraction of sp³-hybridized carbons (Fsp3) is 0.591. The molecule has 0 atom stereocenters. The summed E-state index contributed by atoms with van der Waals surface area (Å²) in [4.78, 5) is 38.7. The molecule has 182 valence electrons. The van der Waals surface area contributed by atoms with Crippen LogP contribution in [0.2, 0.25) is 0 Å². The molecule has 0 radical (unpaired) electrons. The number of ether oxygens (including phenoxy) is 2. The molecule has 10 nitrogen and oxygen atoms in total. The maximum absolute atomic E-state index is 12.7. The van der Waals surface area contributed by atoms with Gasteiger partial charge in [-0.3, -0.25) is 0 Å². The number of aromatic nitrogens is 3. The lowest BCUT2D eigenvalue weighted by molar-refractivity contribution is -0.177. The molecule has 2 rings (SSSR count). The van der Waals surface area contributed by atoms with Gasteiger partial charge in [-0.05, 0) is 72.3 Å². The van der Waals surface area contributed by atoms with E-state index >= 15 is 0 Å². The number of carbonyl (C=O) groups excluding carboxylic acids is 3. The number of hydrogen-bond donors (Lipinski definition) is 2. The van der Waals surface area contributed by atoms with E-state index in [1.807, 2.05) is 17.5 Å². The van der Waals surface area contributed by atoms with E-state index in [2.05, 4.69) is 15.6 Å². The van der Waals surface area contributed by atoms with Crippen molar-refractivity contribution in [2.75, 3.05) is 6.54 Å². The van der Waals surface area contributed by atoms with Crippen LogP contribution in [0.1, 0.15) is 60.8 Å². The number of hydrogen-bond acceptors (Lipinski definition) is 9. The minimum Gasteiger partial charge on any atom is -0.458 e. The molecule has 0 aliphatic heterocycles. The molecule has 1 amide bonds. The van der Waals surface area contributed by atoms with Gasteiger partial charge in [-0.2, -0.15) is 4.68 Å². The van der Waals surface area contributed by atoms with Gasteiger partial charge in [0.25, 0.3) is 0 Å². The number of nitrogens with one attached hydrogen (secondary N) is 1. The summed E-state index contributed by atoms with van der Waals surface area (Å²) in [5, 5.41) is 12.5. The Labute approximate surface area is 197 Å². The largest absolute Gasteiger partial charge is 0.458 e. The van der Waals surface area contributed by atoms with Gasteiger partial charge >= 0.3 is 18.0 Å². The molecular weight excluding hydrogens is 446 g/mol. The average Bonchev–Trinajstić information content (AvgIpc) is 3.36. The smallest absolute Gasteiger partial charge is 0.343 e. The predicted octanol–water partition coefficient (Wildman–Crippen LogP) is 3.12. The molecule has 0 aromatic carbocycles. The minimum atomic E-state index is -1.94. The molecule has 11 heteroatoms. The van der Waals surface area contributed by atoms with Crippen molar-refractivity contribution < 1.29 is 23.9 Å². The summed E-state index contributed by atoms with van der Waals surface area (Å²) in [7, 11) is 0. The monoisotopic (exact) mass is 479 g/mol. The van der Waals surface area contributed by atoms with E-state index < -0.39 is 34.7 Å². The van der Waals surface area contributed by atoms with Crippen LogP contribution in [0, 0.1) is 0 Å². The Morgan fingerprint density at radius 1 is 1.06 bits per heavy atom. The van der Waals surface area contributed by atoms with E-state index in [4.69, 9.17) is 15.2 Å². The van der Waals surface area contributed by atoms with Crippen LogP contribution >= 0.6 is 11.3 Å². The zero-order valence-corrected chi connectivity index (χ0v) is 20.8. The highest BCUT2D eigenvalue weighted by Gasteiger charge is 2.47. The lowest BCUT2D eigenvalue weighted by atomic mass is 9.93. The van der Waals surface area contributed by atoms with Crippen LogP contribution in [0.4, 0.5) is 4.79 Å². The highest BCUT2D eigenvalue weighted by Crippen LogP contribution is 2.23. The van der Waals surface area contributed by atoms with Crippen molar-refractivity contribution in [1.29, 1.82) is 0 Å². The van der Waals surface area contributed by atoms with Crippen LogP contribution in [-0.2, 0) is 19.1 Å². The molecule has 0 saturated carbocycles. The quantitative estimate of drug-likeness (QED) is 0.334. The lowest BCUT2D eigenvalue weighted by Crippen LogP contribution is -2.59. The Kier molecular flexibility index (Phi) is 8.36. The second kappa shape index (κ2) is 10.4. The van der Waals surface area contributed by atoms with E-state index in [0.717, 1.165) is 9.56 Å². The summed E-state index contributed by atoms with van der Waals surface area (Å²) in [5.41, 5.74) is 3.28. The number of nitrogens with two attached hydrogens (primary N) is 1. The molecule has 0 spiro atoms. The first-order valence-electron chi connectivity index (χ1n) is 10.7. The number of amides is 1. The molecular formula is C22H33N5O5S. The fourth-order valence-electron chi connectivity index (χ4n) is 2.73. The number of thiophene rings is 1. The van der Waals surface area contributed by atoms with Gasteiger partial charge in [0.15, 0.2) is 0 Å². The van der Waals surface area contributed by atoms with Crippen LogP contribution in [0.15, 0.2) is 23.7 Å². The zero-order valence-electron chi connectivity index (χ0n) is 20.0. The molecule has 3 N–H and O–H groups in total. The second-order valence-corrected chi connectivity index (χ2v) is 10.6. The molecule has 2 heterocycles. The van der Waals surface area contributed by atoms with Crippen molar-refractivity contribution in [3.05, 3.63) is 23.7 Å². The molecule has 0 fully saturated rings. The molecule has 2 aromatic rings. The minimum absolute atomic E-state index is 0.0124. The van der Waals surface area contributed by atoms with Gasteiger partial charge in [0.1, 0.15) is 16.9 Å². The van der Waals surface area contributed by atoms with Gasteiger partial charge in [0.05, 0.1) is 11.1 Å². The topological polar surface area (TPSA) is 138 Å². The third-order valence-corrected chi connectivity index (χ3v) is 5.17. The number of unbranched alkanes of at least 4 members (excludes halogenated alkanes) is 1. The zero-order chi connectivity index (χ0) is 24.9. The molecule has 33 heavy (non-hydrogen) atoms. The van der Waals surface area contributed by atoms with Crippen LogP contribution in [0.25, 0.3) is 10.6 Å². The molecule has 0 aliphatic rings. The van der Waals surface area contributed by atoms with Crippen molar-refractivity contribution in [1.82, 2.24) is 20.3 Å². The van der Waals surface area contributed by atoms with E-state index in [-0.39, 0.29) is 6.42 Å². The van der Waals surface area contributed by atoms with Crippen molar-refractivity contribution in [2.24, 2.45) is 5.73 Å². The molecule has 0 saturated heterocycles. The lowest BCUT2D eigenvalue weighted by Gasteiger charge is -2.32. The molecule has 2 aromatic heterocycles. The summed E-state index contributed by atoms with van der Waals surface area (Å²) in [6.45, 7) is 10.5. The third-order valence-electron chi connectivity index (χ3n) is 4.28. The van der Waals surface area contributed by atoms with Crippen LogP contribution in [0.5, 0.6) is 0 Å². The predicted molar refractivity (Wildman–Crippen MR) is 125 cm³/mol. The maximum Gasteiger partial charge on any atom is 0.343 e. The summed E-state index contributed by atoms with van der Waals surface area (Å²) >= 11 is 1.50. The van der Waals surface area contributed by atoms with Gasteiger partial charge in [0.2, 0.25) is 5.54 Å². The summed E-state index contributed by atoms with van der Waals surface area (Å²) in [6, 6.07) is 3.36. The number of rotatable bonds is 8. The maximum atomic E-state index is 12.7. The normalized spacial score (nSPS) is 12.3. The SMILES string of the molecule is CC(C)(C)OC(=O)C(N)(CCCCNC(=O)n1cc(-c2cccs2)nn1)C(=O)OC(C)(C)C. The van der Waals surface area contributed by atoms with Crippen molar-refractivity contribution in [3.63, 3.8) is 0 Å². The third kappa shape index (κ3) is 7.93. The van der Waals surface area contributed by atoms with Crippen LogP contribution in [0.3, 0.4) is 0 Å². The number of nitrogens with zero attached hydrogens (tertiary/aromatic N) is 3. The Morgan fingerprint density at radius 2 is 1.67 bits per heavy atom. The van der Waals surface area contributed by atoms with E-state index in [9.17, 15) is 14.4 Å². The van der Waals surface area contributed by atoms with Gasteiger partial charge in [-0.25, -0.2) is 14.4 Å². The van der Waals surface area contributed by atoms with Gasteiger partial charge in [0, 0.05) is 6.54 Å². The number of esters is 2. The summed E-state index contributed by atoms with van der Waals surface area (Å²) in [6.07, 6.45) is 2.42.